The average molecular weight is 329 g/mol. The predicted molar refractivity (Wildman–Crippen MR) is 78.8 cm³/mol. The van der Waals surface area contributed by atoms with Crippen molar-refractivity contribution >= 4 is 27.2 Å². The third-order valence-electron chi connectivity index (χ3n) is 3.04. The van der Waals surface area contributed by atoms with Crippen molar-refractivity contribution in [3.8, 4) is 0 Å². The predicted octanol–water partition coefficient (Wildman–Crippen LogP) is 1.31. The normalized spacial score (nSPS) is 11.6. The molecule has 1 aromatic carbocycles. The number of aromatic nitrogens is 2. The molecule has 2 rings (SSSR count). The van der Waals surface area contributed by atoms with Gasteiger partial charge in [-0.25, -0.2) is 8.42 Å². The second-order valence-electron chi connectivity index (χ2n) is 4.72. The zero-order valence-corrected chi connectivity index (χ0v) is 13.2. The van der Waals surface area contributed by atoms with Crippen LogP contribution in [0.2, 0.25) is 5.02 Å². The first-order valence-electron chi connectivity index (χ1n) is 5.93. The topological polar surface area (TPSA) is 89.0 Å². The van der Waals surface area contributed by atoms with E-state index >= 15 is 0 Å². The summed E-state index contributed by atoms with van der Waals surface area (Å²) >= 11 is 5.79. The van der Waals surface area contributed by atoms with Gasteiger partial charge >= 0.3 is 0 Å². The Hall–Kier alpha value is -1.86. The highest BCUT2D eigenvalue weighted by Gasteiger charge is 2.25. The number of carbonyl (C=O) groups excluding carboxylic acids is 1. The van der Waals surface area contributed by atoms with E-state index in [1.807, 2.05) is 0 Å². The van der Waals surface area contributed by atoms with Crippen molar-refractivity contribution < 1.29 is 13.2 Å². The summed E-state index contributed by atoms with van der Waals surface area (Å²) in [6.45, 7) is 1.57. The van der Waals surface area contributed by atoms with Crippen LogP contribution in [0.1, 0.15) is 21.6 Å². The van der Waals surface area contributed by atoms with Crippen LogP contribution < -0.4 is 5.56 Å². The lowest BCUT2D eigenvalue weighted by atomic mass is 10.0. The molecule has 0 atom stereocenters. The molecule has 112 valence electrons. The lowest BCUT2D eigenvalue weighted by Crippen LogP contribution is -2.21. The molecule has 0 bridgehead atoms. The van der Waals surface area contributed by atoms with Crippen molar-refractivity contribution in [3.63, 3.8) is 0 Å². The average Bonchev–Trinajstić information content (AvgIpc) is 2.61. The Morgan fingerprint density at radius 2 is 1.95 bits per heavy atom. The van der Waals surface area contributed by atoms with Gasteiger partial charge in [0.25, 0.3) is 5.56 Å². The first-order chi connectivity index (χ1) is 9.62. The van der Waals surface area contributed by atoms with Crippen molar-refractivity contribution in [2.75, 3.05) is 6.26 Å². The third kappa shape index (κ3) is 2.79. The number of sulfone groups is 1. The van der Waals surface area contributed by atoms with Crippen molar-refractivity contribution in [3.05, 3.63) is 50.4 Å². The number of ketones is 1. The molecule has 1 heterocycles. The van der Waals surface area contributed by atoms with Gasteiger partial charge in [0.1, 0.15) is 5.56 Å². The van der Waals surface area contributed by atoms with Gasteiger partial charge in [0.05, 0.1) is 4.90 Å². The minimum Gasteiger partial charge on any atom is -0.299 e. The standard InChI is InChI=1S/C13H13ClN2O4S/c1-7-11(13(18)16(2)15-7)12(17)9-5-4-8(14)6-10(9)21(3,19)20/h4-6,15H,1-3H3. The number of H-pyrrole nitrogens is 1. The maximum absolute atomic E-state index is 12.5. The molecule has 0 aliphatic carbocycles. The zero-order chi connectivity index (χ0) is 15.9. The van der Waals surface area contributed by atoms with E-state index in [4.69, 9.17) is 11.6 Å². The van der Waals surface area contributed by atoms with Crippen LogP contribution in [0.15, 0.2) is 27.9 Å². The van der Waals surface area contributed by atoms with Gasteiger partial charge in [0.2, 0.25) is 5.78 Å². The Kier molecular flexibility index (Phi) is 3.81. The molecule has 2 aromatic rings. The van der Waals surface area contributed by atoms with Crippen LogP contribution in [0.4, 0.5) is 0 Å². The van der Waals surface area contributed by atoms with E-state index in [0.717, 1.165) is 6.26 Å². The SMILES string of the molecule is Cc1[nH]n(C)c(=O)c1C(=O)c1ccc(Cl)cc1S(C)(=O)=O. The highest BCUT2D eigenvalue weighted by molar-refractivity contribution is 7.90. The molecule has 0 fully saturated rings. The number of nitrogens with one attached hydrogen (secondary N) is 1. The van der Waals surface area contributed by atoms with Crippen molar-refractivity contribution in [2.45, 2.75) is 11.8 Å². The smallest absolute Gasteiger partial charge is 0.277 e. The number of benzene rings is 1. The summed E-state index contributed by atoms with van der Waals surface area (Å²) in [6.07, 6.45) is 0.984. The van der Waals surface area contributed by atoms with E-state index in [1.165, 1.54) is 29.9 Å². The monoisotopic (exact) mass is 328 g/mol. The number of hydrogen-bond donors (Lipinski definition) is 1. The summed E-state index contributed by atoms with van der Waals surface area (Å²) in [5.41, 5.74) is -0.278. The van der Waals surface area contributed by atoms with Gasteiger partial charge in [-0.15, -0.1) is 0 Å². The molecule has 8 heteroatoms. The number of nitrogens with zero attached hydrogens (tertiary/aromatic N) is 1. The Bertz CT molecular complexity index is 893. The fourth-order valence-corrected chi connectivity index (χ4v) is 3.22. The zero-order valence-electron chi connectivity index (χ0n) is 11.6. The molecule has 1 aromatic heterocycles. The Morgan fingerprint density at radius 3 is 2.43 bits per heavy atom. The largest absolute Gasteiger partial charge is 0.299 e. The number of carbonyl (C=O) groups is 1. The number of aromatic amines is 1. The first kappa shape index (κ1) is 15.5. The summed E-state index contributed by atoms with van der Waals surface area (Å²) in [7, 11) is -2.17. The van der Waals surface area contributed by atoms with Gasteiger partial charge in [-0.2, -0.15) is 0 Å². The lowest BCUT2D eigenvalue weighted by molar-refractivity contribution is 0.103. The van der Waals surface area contributed by atoms with E-state index in [9.17, 15) is 18.0 Å². The van der Waals surface area contributed by atoms with Crippen LogP contribution in [0.5, 0.6) is 0 Å². The van der Waals surface area contributed by atoms with E-state index in [0.29, 0.717) is 5.69 Å². The third-order valence-corrected chi connectivity index (χ3v) is 4.42. The Balaban J connectivity index is 2.73. The molecule has 0 amide bonds. The van der Waals surface area contributed by atoms with E-state index < -0.39 is 21.2 Å². The van der Waals surface area contributed by atoms with Crippen LogP contribution in [0.3, 0.4) is 0 Å². The molecule has 6 nitrogen and oxygen atoms in total. The number of aryl methyl sites for hydroxylation is 2. The maximum atomic E-state index is 12.5. The summed E-state index contributed by atoms with van der Waals surface area (Å²) in [4.78, 5) is 24.3. The van der Waals surface area contributed by atoms with Crippen LogP contribution in [0, 0.1) is 6.92 Å². The Labute approximate surface area is 126 Å². The van der Waals surface area contributed by atoms with Crippen LogP contribution in [0.25, 0.3) is 0 Å². The second-order valence-corrected chi connectivity index (χ2v) is 7.14. The quantitative estimate of drug-likeness (QED) is 0.860. The van der Waals surface area contributed by atoms with E-state index in [1.54, 1.807) is 6.92 Å². The van der Waals surface area contributed by atoms with Crippen molar-refractivity contribution in [2.24, 2.45) is 7.05 Å². The molecule has 0 spiro atoms. The van der Waals surface area contributed by atoms with E-state index in [-0.39, 0.29) is 21.0 Å². The molecular weight excluding hydrogens is 316 g/mol. The van der Waals surface area contributed by atoms with Crippen molar-refractivity contribution in [1.82, 2.24) is 9.78 Å². The van der Waals surface area contributed by atoms with Gasteiger partial charge in [-0.05, 0) is 25.1 Å². The molecule has 0 aliphatic heterocycles. The van der Waals surface area contributed by atoms with Gasteiger partial charge in [0.15, 0.2) is 9.84 Å². The summed E-state index contributed by atoms with van der Waals surface area (Å²) < 4.78 is 24.8. The number of hydrogen-bond acceptors (Lipinski definition) is 4. The van der Waals surface area contributed by atoms with Gasteiger partial charge < -0.3 is 0 Å². The van der Waals surface area contributed by atoms with Crippen LogP contribution in [-0.4, -0.2) is 30.2 Å². The molecule has 0 radical (unpaired) electrons. The highest BCUT2D eigenvalue weighted by atomic mass is 35.5. The molecule has 21 heavy (non-hydrogen) atoms. The molecule has 1 N–H and O–H groups in total. The van der Waals surface area contributed by atoms with Crippen molar-refractivity contribution in [1.29, 1.82) is 0 Å². The minimum atomic E-state index is -3.65. The van der Waals surface area contributed by atoms with Crippen LogP contribution >= 0.6 is 11.6 Å². The fraction of sp³-hybridized carbons (Fsp3) is 0.231. The molecule has 0 aliphatic rings. The van der Waals surface area contributed by atoms with Crippen LogP contribution in [-0.2, 0) is 16.9 Å². The minimum absolute atomic E-state index is 0.0679. The summed E-state index contributed by atoms with van der Waals surface area (Å²) in [5, 5.41) is 2.90. The molecule has 0 saturated carbocycles. The molecule has 0 unspecified atom stereocenters. The first-order valence-corrected chi connectivity index (χ1v) is 8.19. The summed E-state index contributed by atoms with van der Waals surface area (Å²) in [5.74, 6) is -0.647. The highest BCUT2D eigenvalue weighted by Crippen LogP contribution is 2.23. The fourth-order valence-electron chi connectivity index (χ4n) is 2.08. The summed E-state index contributed by atoms with van der Waals surface area (Å²) in [6, 6.07) is 3.93. The van der Waals surface area contributed by atoms with E-state index in [2.05, 4.69) is 5.10 Å². The number of rotatable bonds is 3. The molecular formula is C13H13ClN2O4S. The Morgan fingerprint density at radius 1 is 1.33 bits per heavy atom. The maximum Gasteiger partial charge on any atom is 0.277 e. The van der Waals surface area contributed by atoms with Gasteiger partial charge in [-0.3, -0.25) is 19.4 Å². The molecule has 0 saturated heterocycles. The van der Waals surface area contributed by atoms with Gasteiger partial charge in [-0.1, -0.05) is 11.6 Å². The second kappa shape index (κ2) is 5.16. The van der Waals surface area contributed by atoms with Gasteiger partial charge in [0, 0.05) is 29.6 Å². The lowest BCUT2D eigenvalue weighted by Gasteiger charge is -2.07. The number of halogens is 1.